The molecule has 10 heavy (non-hydrogen) atoms. The second-order valence-corrected chi connectivity index (χ2v) is 2.36. The predicted octanol–water partition coefficient (Wildman–Crippen LogP) is -0.370. The zero-order valence-electron chi connectivity index (χ0n) is 6.83. The van der Waals surface area contributed by atoms with Crippen LogP contribution in [0.4, 0.5) is 0 Å². The number of nitrogens with zero attached hydrogens (tertiary/aromatic N) is 1. The highest BCUT2D eigenvalue weighted by atomic mass is 16.4. The molecule has 2 N–H and O–H groups in total. The third kappa shape index (κ3) is 26.3. The van der Waals surface area contributed by atoms with Crippen LogP contribution >= 0.6 is 0 Å². The first-order valence-corrected chi connectivity index (χ1v) is 2.89. The topological polar surface area (TPSA) is 60.8 Å². The Morgan fingerprint density at radius 2 is 1.50 bits per heavy atom. The lowest BCUT2D eigenvalue weighted by Gasteiger charge is -1.90. The molecule has 0 radical (unpaired) electrons. The van der Waals surface area contributed by atoms with Gasteiger partial charge in [0.25, 0.3) is 0 Å². The highest BCUT2D eigenvalue weighted by Crippen LogP contribution is 1.73. The van der Waals surface area contributed by atoms with Crippen LogP contribution in [0.3, 0.4) is 0 Å². The maximum Gasteiger partial charge on any atom is 0.332 e. The fourth-order valence-electron chi connectivity index (χ4n) is 0. The van der Waals surface area contributed by atoms with Gasteiger partial charge in [0.05, 0.1) is 0 Å². The summed E-state index contributed by atoms with van der Waals surface area (Å²) in [4.78, 5) is 11.4. The third-order valence-corrected chi connectivity index (χ3v) is 0.357. The first kappa shape index (κ1) is 12.1. The van der Waals surface area contributed by atoms with Gasteiger partial charge in [-0.3, -0.25) is 0 Å². The molecule has 0 heterocycles. The molecule has 4 heteroatoms. The van der Waals surface area contributed by atoms with E-state index in [0.717, 1.165) is 0 Å². The number of aliphatic hydroxyl groups excluding tert-OH is 1. The summed E-state index contributed by atoms with van der Waals surface area (Å²) in [6.45, 7) is 1.20. The van der Waals surface area contributed by atoms with Crippen molar-refractivity contribution in [3.8, 4) is 0 Å². The van der Waals surface area contributed by atoms with Crippen molar-refractivity contribution in [3.63, 3.8) is 0 Å². The molecule has 0 aromatic heterocycles. The normalized spacial score (nSPS) is 11.8. The van der Waals surface area contributed by atoms with Gasteiger partial charge in [-0.25, -0.2) is 4.79 Å². The average molecular weight is 149 g/mol. The Morgan fingerprint density at radius 1 is 1.40 bits per heavy atom. The van der Waals surface area contributed by atoms with E-state index in [1.54, 1.807) is 0 Å². The first-order chi connectivity index (χ1) is 4.37. The van der Waals surface area contributed by atoms with Crippen molar-refractivity contribution in [2.75, 3.05) is 21.1 Å². The number of aliphatic carboxylic acids is 1. The molecule has 0 aliphatic rings. The van der Waals surface area contributed by atoms with Crippen molar-refractivity contribution in [2.45, 2.75) is 13.0 Å². The molecule has 0 amide bonds. The largest absolute Gasteiger partial charge is 0.479 e. The lowest BCUT2D eigenvalue weighted by molar-refractivity contribution is -0.145. The molecule has 4 nitrogen and oxygen atoms in total. The number of carboxylic acids is 1. The minimum absolute atomic E-state index is 1.19. The lowest BCUT2D eigenvalue weighted by Crippen LogP contribution is -2.13. The molecule has 1 atom stereocenters. The van der Waals surface area contributed by atoms with Crippen LogP contribution in [0.15, 0.2) is 0 Å². The van der Waals surface area contributed by atoms with Crippen LogP contribution in [0, 0.1) is 0 Å². The van der Waals surface area contributed by atoms with E-state index >= 15 is 0 Å². The molecule has 0 rings (SSSR count). The van der Waals surface area contributed by atoms with Crippen LogP contribution in [-0.2, 0) is 4.79 Å². The minimum atomic E-state index is -1.23. The summed E-state index contributed by atoms with van der Waals surface area (Å²) in [5, 5.41) is 15.8. The number of hydrogen-bond donors (Lipinski definition) is 2. The van der Waals surface area contributed by atoms with Gasteiger partial charge in [-0.1, -0.05) is 0 Å². The molecule has 0 aliphatic carbocycles. The van der Waals surface area contributed by atoms with E-state index < -0.39 is 12.1 Å². The van der Waals surface area contributed by atoms with Crippen LogP contribution in [-0.4, -0.2) is 48.3 Å². The Balaban J connectivity index is 0. The highest BCUT2D eigenvalue weighted by Gasteiger charge is 2.01. The second-order valence-electron chi connectivity index (χ2n) is 2.36. The molecule has 0 aliphatic heterocycles. The van der Waals surface area contributed by atoms with Crippen LogP contribution in [0.5, 0.6) is 0 Å². The molecule has 0 fully saturated rings. The van der Waals surface area contributed by atoms with Gasteiger partial charge in [-0.05, 0) is 28.1 Å². The van der Waals surface area contributed by atoms with E-state index in [1.165, 1.54) is 6.92 Å². The fourth-order valence-corrected chi connectivity index (χ4v) is 0. The first-order valence-electron chi connectivity index (χ1n) is 2.89. The van der Waals surface area contributed by atoms with Gasteiger partial charge >= 0.3 is 5.97 Å². The van der Waals surface area contributed by atoms with Gasteiger partial charge in [0, 0.05) is 0 Å². The molecule has 0 spiro atoms. The molecule has 1 unspecified atom stereocenters. The number of carboxylic acid groups (broad SMARTS) is 1. The number of carbonyl (C=O) groups is 1. The summed E-state index contributed by atoms with van der Waals surface area (Å²) in [6, 6.07) is 0. The monoisotopic (exact) mass is 149 g/mol. The molecular formula is C6H15NO3. The van der Waals surface area contributed by atoms with E-state index in [2.05, 4.69) is 0 Å². The van der Waals surface area contributed by atoms with Crippen LogP contribution in [0.2, 0.25) is 0 Å². The fraction of sp³-hybridized carbons (Fsp3) is 0.833. The van der Waals surface area contributed by atoms with E-state index in [9.17, 15) is 4.79 Å². The second kappa shape index (κ2) is 6.51. The maximum atomic E-state index is 9.45. The van der Waals surface area contributed by atoms with Crippen LogP contribution in [0.25, 0.3) is 0 Å². The molecule has 0 saturated heterocycles. The predicted molar refractivity (Wildman–Crippen MR) is 38.9 cm³/mol. The van der Waals surface area contributed by atoms with Gasteiger partial charge in [0.15, 0.2) is 0 Å². The van der Waals surface area contributed by atoms with E-state index in [1.807, 2.05) is 26.0 Å². The van der Waals surface area contributed by atoms with Crippen molar-refractivity contribution in [2.24, 2.45) is 0 Å². The molecule has 0 aromatic rings. The smallest absolute Gasteiger partial charge is 0.332 e. The quantitative estimate of drug-likeness (QED) is 0.534. The number of rotatable bonds is 1. The van der Waals surface area contributed by atoms with Gasteiger partial charge in [0.1, 0.15) is 6.10 Å². The zero-order valence-corrected chi connectivity index (χ0v) is 6.83. The number of hydrogen-bond acceptors (Lipinski definition) is 3. The summed E-state index contributed by atoms with van der Waals surface area (Å²) in [7, 11) is 6.00. The lowest BCUT2D eigenvalue weighted by atomic mass is 10.4. The van der Waals surface area contributed by atoms with Crippen molar-refractivity contribution >= 4 is 5.97 Å². The Bertz CT molecular complexity index is 88.2. The van der Waals surface area contributed by atoms with E-state index in [-0.39, 0.29) is 0 Å². The van der Waals surface area contributed by atoms with Gasteiger partial charge < -0.3 is 15.1 Å². The SMILES string of the molecule is CC(O)C(=O)O.CN(C)C. The van der Waals surface area contributed by atoms with Crippen LogP contribution < -0.4 is 0 Å². The zero-order chi connectivity index (χ0) is 8.73. The van der Waals surface area contributed by atoms with Crippen molar-refractivity contribution in [1.82, 2.24) is 4.90 Å². The molecule has 62 valence electrons. The van der Waals surface area contributed by atoms with Gasteiger partial charge in [-0.15, -0.1) is 0 Å². The third-order valence-electron chi connectivity index (χ3n) is 0.357. The average Bonchev–Trinajstić information content (AvgIpc) is 1.63. The minimum Gasteiger partial charge on any atom is -0.479 e. The Labute approximate surface area is 61.1 Å². The summed E-state index contributed by atoms with van der Waals surface area (Å²) in [5.41, 5.74) is 0. The molecular weight excluding hydrogens is 134 g/mol. The summed E-state index contributed by atoms with van der Waals surface area (Å²) < 4.78 is 0. The van der Waals surface area contributed by atoms with Crippen molar-refractivity contribution in [1.29, 1.82) is 0 Å². The highest BCUT2D eigenvalue weighted by molar-refractivity contribution is 5.71. The molecule has 0 saturated carbocycles. The van der Waals surface area contributed by atoms with Crippen molar-refractivity contribution in [3.05, 3.63) is 0 Å². The van der Waals surface area contributed by atoms with Crippen LogP contribution in [0.1, 0.15) is 6.92 Å². The van der Waals surface area contributed by atoms with E-state index in [0.29, 0.717) is 0 Å². The Morgan fingerprint density at radius 3 is 1.50 bits per heavy atom. The summed E-state index contributed by atoms with van der Waals surface area (Å²) >= 11 is 0. The van der Waals surface area contributed by atoms with E-state index in [4.69, 9.17) is 10.2 Å². The Kier molecular flexibility index (Phi) is 7.88. The van der Waals surface area contributed by atoms with Gasteiger partial charge in [-0.2, -0.15) is 0 Å². The standard InChI is InChI=1S/C3H9N.C3H6O3/c1-4(2)3;1-2(4)3(5)6/h1-3H3;2,4H,1H3,(H,5,6). The summed E-state index contributed by atoms with van der Waals surface area (Å²) in [5.74, 6) is -1.19. The molecule has 0 aromatic carbocycles. The molecule has 0 bridgehead atoms. The summed E-state index contributed by atoms with van der Waals surface area (Å²) in [6.07, 6.45) is -1.23. The number of aliphatic hydroxyl groups is 1. The van der Waals surface area contributed by atoms with Crippen molar-refractivity contribution < 1.29 is 15.0 Å². The van der Waals surface area contributed by atoms with Gasteiger partial charge in [0.2, 0.25) is 0 Å². The Hall–Kier alpha value is -0.610. The maximum absolute atomic E-state index is 9.45.